The summed E-state index contributed by atoms with van der Waals surface area (Å²) in [5, 5.41) is 1.41. The molecule has 1 aliphatic heterocycles. The van der Waals surface area contributed by atoms with E-state index >= 15 is 0 Å². The van der Waals surface area contributed by atoms with E-state index in [0.717, 1.165) is 5.22 Å². The smallest absolute Gasteiger partial charge is 0.383 e. The minimum atomic E-state index is -0.946. The molecule has 5 heteroatoms. The van der Waals surface area contributed by atoms with Crippen molar-refractivity contribution in [2.45, 2.75) is 6.92 Å². The van der Waals surface area contributed by atoms with Crippen molar-refractivity contribution in [2.75, 3.05) is 6.61 Å². The Kier molecular flexibility index (Phi) is 3.52. The minimum Gasteiger partial charge on any atom is -0.460 e. The maximum absolute atomic E-state index is 11.6. The molecule has 0 amide bonds. The first-order valence-corrected chi connectivity index (χ1v) is 5.43. The summed E-state index contributed by atoms with van der Waals surface area (Å²) in [5.74, 6) is -1.94. The van der Waals surface area contributed by atoms with Crippen LogP contribution in [0.3, 0.4) is 0 Å². The van der Waals surface area contributed by atoms with Crippen molar-refractivity contribution >= 4 is 18.0 Å². The average Bonchev–Trinajstić information content (AvgIpc) is 2.60. The number of ether oxygens (including phenoxy) is 2. The molecular formula is C13H11NO4. The van der Waals surface area contributed by atoms with Gasteiger partial charge < -0.3 is 9.47 Å². The normalized spacial score (nSPS) is 12.8. The molecule has 0 radical (unpaired) electrons. The van der Waals surface area contributed by atoms with E-state index < -0.39 is 11.8 Å². The third kappa shape index (κ3) is 2.45. The van der Waals surface area contributed by atoms with Gasteiger partial charge >= 0.3 is 11.8 Å². The second-order valence-electron chi connectivity index (χ2n) is 3.47. The van der Waals surface area contributed by atoms with Crippen LogP contribution in [0.1, 0.15) is 6.92 Å². The Hall–Kier alpha value is -2.43. The van der Waals surface area contributed by atoms with Crippen molar-refractivity contribution in [3.8, 4) is 0 Å². The zero-order chi connectivity index (χ0) is 13.0. The number of hydrogen-bond donors (Lipinski definition) is 0. The Bertz CT molecular complexity index is 631. The Morgan fingerprint density at radius 3 is 2.89 bits per heavy atom. The lowest BCUT2D eigenvalue weighted by atomic mass is 10.3. The van der Waals surface area contributed by atoms with Crippen molar-refractivity contribution in [1.29, 1.82) is 0 Å². The van der Waals surface area contributed by atoms with Gasteiger partial charge in [0.1, 0.15) is 6.26 Å². The first-order chi connectivity index (χ1) is 8.72. The standard InChI is InChI=1S/C13H11NO4/c1-2-17-13(16)12(15)11-7-14-10-6-4-3-5-9(10)8-18-11/h3-8H,2H2,1H3. The summed E-state index contributed by atoms with van der Waals surface area (Å²) in [4.78, 5) is 27.0. The van der Waals surface area contributed by atoms with Crippen LogP contribution < -0.4 is 10.6 Å². The largest absolute Gasteiger partial charge is 0.460 e. The van der Waals surface area contributed by atoms with Gasteiger partial charge in [0.25, 0.3) is 0 Å². The molecule has 0 spiro atoms. The maximum Gasteiger partial charge on any atom is 0.383 e. The molecule has 1 heterocycles. The summed E-state index contributed by atoms with van der Waals surface area (Å²) < 4.78 is 9.76. The van der Waals surface area contributed by atoms with Gasteiger partial charge in [0.15, 0.2) is 5.76 Å². The summed E-state index contributed by atoms with van der Waals surface area (Å²) in [6.07, 6.45) is 2.61. The minimum absolute atomic E-state index is 0.138. The molecular weight excluding hydrogens is 234 g/mol. The van der Waals surface area contributed by atoms with E-state index in [2.05, 4.69) is 9.73 Å². The predicted molar refractivity (Wildman–Crippen MR) is 62.5 cm³/mol. The average molecular weight is 245 g/mol. The molecule has 0 aliphatic carbocycles. The highest BCUT2D eigenvalue weighted by atomic mass is 16.5. The zero-order valence-corrected chi connectivity index (χ0v) is 9.75. The Balaban J connectivity index is 2.30. The summed E-state index contributed by atoms with van der Waals surface area (Å²) in [6.45, 7) is 1.76. The number of carbonyl (C=O) groups is 2. The SMILES string of the molecule is CCOC(=O)C(=O)C1=CN=c2ccccc2=CO1. The van der Waals surface area contributed by atoms with Gasteiger partial charge in [-0.15, -0.1) is 0 Å². The van der Waals surface area contributed by atoms with E-state index in [4.69, 9.17) is 4.74 Å². The molecule has 0 saturated heterocycles. The monoisotopic (exact) mass is 245 g/mol. The van der Waals surface area contributed by atoms with Gasteiger partial charge in [-0.2, -0.15) is 0 Å². The van der Waals surface area contributed by atoms with Gasteiger partial charge in [0.05, 0.1) is 18.2 Å². The number of para-hydroxylation sites is 1. The van der Waals surface area contributed by atoms with Crippen LogP contribution in [-0.4, -0.2) is 18.4 Å². The van der Waals surface area contributed by atoms with Gasteiger partial charge in [-0.3, -0.25) is 9.79 Å². The molecule has 0 atom stereocenters. The second kappa shape index (κ2) is 5.27. The zero-order valence-electron chi connectivity index (χ0n) is 9.75. The molecule has 0 bridgehead atoms. The van der Waals surface area contributed by atoms with Crippen LogP contribution in [0.25, 0.3) is 6.26 Å². The first kappa shape index (κ1) is 12.0. The number of hydrogen-bond acceptors (Lipinski definition) is 5. The van der Waals surface area contributed by atoms with Crippen LogP contribution in [0.15, 0.2) is 41.2 Å². The van der Waals surface area contributed by atoms with E-state index in [9.17, 15) is 9.59 Å². The Morgan fingerprint density at radius 1 is 1.33 bits per heavy atom. The van der Waals surface area contributed by atoms with Crippen LogP contribution in [0, 0.1) is 0 Å². The van der Waals surface area contributed by atoms with Crippen molar-refractivity contribution in [2.24, 2.45) is 4.99 Å². The number of rotatable bonds is 3. The lowest BCUT2D eigenvalue weighted by Crippen LogP contribution is -2.23. The maximum atomic E-state index is 11.6. The third-order valence-electron chi connectivity index (χ3n) is 2.26. The first-order valence-electron chi connectivity index (χ1n) is 5.43. The molecule has 1 aliphatic rings. The number of nitrogens with zero attached hydrogens (tertiary/aromatic N) is 1. The van der Waals surface area contributed by atoms with Crippen LogP contribution >= 0.6 is 0 Å². The number of benzene rings is 1. The number of fused-ring (bicyclic) bond motifs is 1. The molecule has 92 valence electrons. The van der Waals surface area contributed by atoms with Crippen molar-refractivity contribution < 1.29 is 19.1 Å². The van der Waals surface area contributed by atoms with E-state index in [0.29, 0.717) is 5.36 Å². The van der Waals surface area contributed by atoms with Crippen LogP contribution in [0.5, 0.6) is 0 Å². The molecule has 0 fully saturated rings. The molecule has 2 rings (SSSR count). The molecule has 1 aromatic rings. The quantitative estimate of drug-likeness (QED) is 0.557. The fourth-order valence-electron chi connectivity index (χ4n) is 1.40. The lowest BCUT2D eigenvalue weighted by molar-refractivity contribution is -0.152. The molecule has 18 heavy (non-hydrogen) atoms. The summed E-state index contributed by atoms with van der Waals surface area (Å²) in [5.41, 5.74) is 0. The highest BCUT2D eigenvalue weighted by Gasteiger charge is 2.22. The van der Waals surface area contributed by atoms with Crippen LogP contribution in [-0.2, 0) is 19.1 Å². The lowest BCUT2D eigenvalue weighted by Gasteiger charge is -2.02. The Morgan fingerprint density at radius 2 is 2.11 bits per heavy atom. The van der Waals surface area contributed by atoms with Crippen LogP contribution in [0.4, 0.5) is 0 Å². The van der Waals surface area contributed by atoms with Gasteiger partial charge in [-0.1, -0.05) is 12.1 Å². The summed E-state index contributed by atoms with van der Waals surface area (Å²) in [7, 11) is 0. The van der Waals surface area contributed by atoms with E-state index in [1.165, 1.54) is 12.5 Å². The van der Waals surface area contributed by atoms with Gasteiger partial charge in [0, 0.05) is 5.22 Å². The van der Waals surface area contributed by atoms with Gasteiger partial charge in [-0.25, -0.2) is 4.79 Å². The van der Waals surface area contributed by atoms with Crippen LogP contribution in [0.2, 0.25) is 0 Å². The highest BCUT2D eigenvalue weighted by Crippen LogP contribution is 2.03. The highest BCUT2D eigenvalue weighted by molar-refractivity contribution is 6.39. The van der Waals surface area contributed by atoms with Crippen molar-refractivity contribution in [3.63, 3.8) is 0 Å². The summed E-state index contributed by atoms with van der Waals surface area (Å²) >= 11 is 0. The molecule has 5 nitrogen and oxygen atoms in total. The van der Waals surface area contributed by atoms with E-state index in [-0.39, 0.29) is 12.4 Å². The van der Waals surface area contributed by atoms with Gasteiger partial charge in [-0.05, 0) is 19.1 Å². The van der Waals surface area contributed by atoms with E-state index in [1.807, 2.05) is 12.1 Å². The fourth-order valence-corrected chi connectivity index (χ4v) is 1.40. The number of carbonyl (C=O) groups excluding carboxylic acids is 2. The molecule has 0 saturated carbocycles. The topological polar surface area (TPSA) is 65.0 Å². The molecule has 1 aromatic carbocycles. The molecule has 0 aromatic heterocycles. The van der Waals surface area contributed by atoms with Crippen molar-refractivity contribution in [3.05, 3.63) is 46.8 Å². The number of ketones is 1. The predicted octanol–water partition coefficient (Wildman–Crippen LogP) is 0.0480. The second-order valence-corrected chi connectivity index (χ2v) is 3.47. The summed E-state index contributed by atoms with van der Waals surface area (Å²) in [6, 6.07) is 7.22. The van der Waals surface area contributed by atoms with Gasteiger partial charge in [0.2, 0.25) is 0 Å². The van der Waals surface area contributed by atoms with Crippen molar-refractivity contribution in [1.82, 2.24) is 0 Å². The number of esters is 1. The number of Topliss-reactive ketones (excluding diaryl/α,β-unsaturated/α-hetero) is 1. The molecule has 0 N–H and O–H groups in total. The van der Waals surface area contributed by atoms with E-state index in [1.54, 1.807) is 19.1 Å². The molecule has 0 unspecified atom stereocenters. The third-order valence-corrected chi connectivity index (χ3v) is 2.26. The fraction of sp³-hybridized carbons (Fsp3) is 0.154. The Labute approximate surface area is 103 Å².